The summed E-state index contributed by atoms with van der Waals surface area (Å²) in [6.07, 6.45) is 0. The second kappa shape index (κ2) is 8.64. The highest BCUT2D eigenvalue weighted by Crippen LogP contribution is 2.31. The smallest absolute Gasteiger partial charge is 0.277 e. The van der Waals surface area contributed by atoms with Crippen molar-refractivity contribution in [3.8, 4) is 17.1 Å². The highest BCUT2D eigenvalue weighted by molar-refractivity contribution is 7.89. The molecule has 11 heteroatoms. The summed E-state index contributed by atoms with van der Waals surface area (Å²) < 4.78 is 35.4. The molecule has 172 valence electrons. The monoisotopic (exact) mass is 460 g/mol. The summed E-state index contributed by atoms with van der Waals surface area (Å²) in [7, 11) is -3.70. The van der Waals surface area contributed by atoms with E-state index in [1.165, 1.54) is 14.9 Å². The maximum absolute atomic E-state index is 13.3. The normalized spacial score (nSPS) is 16.0. The number of rotatable bonds is 6. The number of hydrogen-bond acceptors (Lipinski definition) is 7. The number of aromatic amines is 1. The number of likely N-dealkylation sites (N-methyl/N-ethyl adjacent to an activating group) is 1. The lowest BCUT2D eigenvalue weighted by molar-refractivity contribution is 0.196. The summed E-state index contributed by atoms with van der Waals surface area (Å²) in [5, 5.41) is 4.53. The number of aromatic nitrogens is 4. The van der Waals surface area contributed by atoms with Crippen LogP contribution in [-0.4, -0.2) is 76.5 Å². The number of imidazole rings is 1. The topological polar surface area (TPSA) is 113 Å². The zero-order valence-corrected chi connectivity index (χ0v) is 19.6. The van der Waals surface area contributed by atoms with Crippen molar-refractivity contribution in [2.75, 3.05) is 39.3 Å². The van der Waals surface area contributed by atoms with Crippen molar-refractivity contribution in [3.63, 3.8) is 0 Å². The van der Waals surface area contributed by atoms with Gasteiger partial charge in [0.15, 0.2) is 11.3 Å². The van der Waals surface area contributed by atoms with Gasteiger partial charge in [-0.2, -0.15) is 4.31 Å². The molecule has 1 N–H and O–H groups in total. The van der Waals surface area contributed by atoms with Crippen LogP contribution in [-0.2, 0) is 10.0 Å². The molecule has 0 atom stereocenters. The molecule has 10 nitrogen and oxygen atoms in total. The molecule has 0 unspecified atom stereocenters. The van der Waals surface area contributed by atoms with Crippen molar-refractivity contribution in [1.82, 2.24) is 28.8 Å². The molecule has 1 saturated heterocycles. The number of hydrogen-bond donors (Lipinski definition) is 1. The Hall–Kier alpha value is -2.76. The summed E-state index contributed by atoms with van der Waals surface area (Å²) >= 11 is 0. The van der Waals surface area contributed by atoms with Crippen LogP contribution in [0.25, 0.3) is 16.9 Å². The average molecular weight is 461 g/mol. The number of nitrogens with one attached hydrogen (secondary N) is 1. The van der Waals surface area contributed by atoms with Gasteiger partial charge in [0.05, 0.1) is 22.8 Å². The van der Waals surface area contributed by atoms with Crippen molar-refractivity contribution < 1.29 is 13.2 Å². The maximum atomic E-state index is 13.3. The molecule has 3 heterocycles. The van der Waals surface area contributed by atoms with Crippen molar-refractivity contribution >= 4 is 15.5 Å². The second-order valence-corrected chi connectivity index (χ2v) is 9.67. The van der Waals surface area contributed by atoms with E-state index in [0.717, 1.165) is 6.54 Å². The number of H-pyrrole nitrogens is 1. The van der Waals surface area contributed by atoms with Crippen molar-refractivity contribution in [2.45, 2.75) is 32.6 Å². The summed E-state index contributed by atoms with van der Waals surface area (Å²) in [5.41, 5.74) is 1.00. The van der Waals surface area contributed by atoms with Gasteiger partial charge in [-0.15, -0.1) is 5.10 Å². The van der Waals surface area contributed by atoms with Crippen molar-refractivity contribution in [2.24, 2.45) is 0 Å². The van der Waals surface area contributed by atoms with Crippen molar-refractivity contribution in [1.29, 1.82) is 0 Å². The third-order valence-corrected chi connectivity index (χ3v) is 7.65. The highest BCUT2D eigenvalue weighted by Gasteiger charge is 2.29. The summed E-state index contributed by atoms with van der Waals surface area (Å²) in [5.74, 6) is 1.24. The molecule has 1 aromatic carbocycles. The first-order valence-electron chi connectivity index (χ1n) is 10.7. The standard InChI is InChI=1S/C21H28N6O4S/c1-5-25-9-11-26(12-10-25)32(29,30)16-7-8-18(31-6-2)17(13-16)20-23-21(28)19-14(3)22-15(4)27(19)24-20/h7-8,13H,5-6,9-12H2,1-4H3,(H,23,24,28). The number of ether oxygens (including phenoxy) is 1. The van der Waals surface area contributed by atoms with Gasteiger partial charge in [-0.05, 0) is 45.5 Å². The largest absolute Gasteiger partial charge is 0.493 e. The molecule has 0 aliphatic carbocycles. The third kappa shape index (κ3) is 3.91. The van der Waals surface area contributed by atoms with Crippen LogP contribution in [0.3, 0.4) is 0 Å². The van der Waals surface area contributed by atoms with E-state index in [9.17, 15) is 13.2 Å². The van der Waals surface area contributed by atoms with Crippen LogP contribution in [0.4, 0.5) is 0 Å². The molecule has 2 aromatic heterocycles. The van der Waals surface area contributed by atoms with E-state index >= 15 is 0 Å². The number of nitrogens with zero attached hydrogens (tertiary/aromatic N) is 5. The Morgan fingerprint density at radius 2 is 1.84 bits per heavy atom. The molecule has 3 aromatic rings. The lowest BCUT2D eigenvalue weighted by atomic mass is 10.2. The Kier molecular flexibility index (Phi) is 6.06. The van der Waals surface area contributed by atoms with Gasteiger partial charge >= 0.3 is 0 Å². The molecule has 1 aliphatic rings. The van der Waals surface area contributed by atoms with E-state index in [4.69, 9.17) is 4.74 Å². The van der Waals surface area contributed by atoms with Gasteiger partial charge < -0.3 is 14.6 Å². The van der Waals surface area contributed by atoms with Crippen LogP contribution in [0.5, 0.6) is 5.75 Å². The summed E-state index contributed by atoms with van der Waals surface area (Å²) in [6, 6.07) is 4.68. The molecular formula is C21H28N6O4S. The van der Waals surface area contributed by atoms with Gasteiger partial charge in [0, 0.05) is 26.2 Å². The first kappa shape index (κ1) is 22.4. The van der Waals surface area contributed by atoms with E-state index in [2.05, 4.69) is 26.9 Å². The predicted molar refractivity (Wildman–Crippen MR) is 121 cm³/mol. The quantitative estimate of drug-likeness (QED) is 0.592. The zero-order valence-electron chi connectivity index (χ0n) is 18.8. The van der Waals surface area contributed by atoms with E-state index in [1.807, 2.05) is 6.92 Å². The van der Waals surface area contributed by atoms with E-state index in [-0.39, 0.29) is 16.3 Å². The molecule has 32 heavy (non-hydrogen) atoms. The van der Waals surface area contributed by atoms with E-state index < -0.39 is 10.0 Å². The Morgan fingerprint density at radius 1 is 1.12 bits per heavy atom. The third-order valence-electron chi connectivity index (χ3n) is 5.76. The number of sulfonamides is 1. The summed E-state index contributed by atoms with van der Waals surface area (Å²) in [4.78, 5) is 22.2. The predicted octanol–water partition coefficient (Wildman–Crippen LogP) is 1.43. The molecule has 1 fully saturated rings. The number of piperazine rings is 1. The molecule has 0 radical (unpaired) electrons. The van der Waals surface area contributed by atoms with Gasteiger partial charge in [0.25, 0.3) is 5.56 Å². The second-order valence-electron chi connectivity index (χ2n) is 7.74. The Labute approximate surface area is 186 Å². The number of aryl methyl sites for hydroxylation is 2. The van der Waals surface area contributed by atoms with Crippen LogP contribution in [0.1, 0.15) is 25.4 Å². The Bertz CT molecular complexity index is 1310. The van der Waals surface area contributed by atoms with Crippen molar-refractivity contribution in [3.05, 3.63) is 40.1 Å². The fourth-order valence-corrected chi connectivity index (χ4v) is 5.47. The molecule has 0 bridgehead atoms. The minimum absolute atomic E-state index is 0.141. The van der Waals surface area contributed by atoms with E-state index in [0.29, 0.717) is 61.1 Å². The first-order chi connectivity index (χ1) is 15.3. The number of fused-ring (bicyclic) bond motifs is 1. The van der Waals surface area contributed by atoms with Gasteiger partial charge in [-0.1, -0.05) is 6.92 Å². The van der Waals surface area contributed by atoms with Crippen LogP contribution in [0.2, 0.25) is 0 Å². The fourth-order valence-electron chi connectivity index (χ4n) is 4.03. The minimum atomic E-state index is -3.70. The van der Waals surface area contributed by atoms with Gasteiger partial charge in [0.2, 0.25) is 10.0 Å². The lowest BCUT2D eigenvalue weighted by Crippen LogP contribution is -2.48. The lowest BCUT2D eigenvalue weighted by Gasteiger charge is -2.33. The minimum Gasteiger partial charge on any atom is -0.493 e. The average Bonchev–Trinajstić information content (AvgIpc) is 3.07. The van der Waals surface area contributed by atoms with Crippen LogP contribution < -0.4 is 10.3 Å². The Morgan fingerprint density at radius 3 is 2.50 bits per heavy atom. The first-order valence-corrected chi connectivity index (χ1v) is 12.2. The molecular weight excluding hydrogens is 432 g/mol. The van der Waals surface area contributed by atoms with Crippen LogP contribution in [0.15, 0.2) is 27.9 Å². The van der Waals surface area contributed by atoms with Gasteiger partial charge in [-0.25, -0.2) is 17.9 Å². The fraction of sp³-hybridized carbons (Fsp3) is 0.476. The van der Waals surface area contributed by atoms with E-state index in [1.54, 1.807) is 26.0 Å². The Balaban J connectivity index is 1.81. The highest BCUT2D eigenvalue weighted by atomic mass is 32.2. The molecule has 0 amide bonds. The number of benzene rings is 1. The SMILES string of the molecule is CCOc1ccc(S(=O)(=O)N2CCN(CC)CC2)cc1-c1nn2c(C)nc(C)c2c(=O)[nH]1. The van der Waals surface area contributed by atoms with Crippen LogP contribution in [0, 0.1) is 13.8 Å². The van der Waals surface area contributed by atoms with Gasteiger partial charge in [-0.3, -0.25) is 4.79 Å². The van der Waals surface area contributed by atoms with Crippen LogP contribution >= 0.6 is 0 Å². The summed E-state index contributed by atoms with van der Waals surface area (Å²) in [6.45, 7) is 11.0. The zero-order chi connectivity index (χ0) is 23.0. The maximum Gasteiger partial charge on any atom is 0.277 e. The van der Waals surface area contributed by atoms with Gasteiger partial charge in [0.1, 0.15) is 11.6 Å². The molecule has 0 saturated carbocycles. The molecule has 0 spiro atoms. The molecule has 4 rings (SSSR count). The molecule has 1 aliphatic heterocycles.